The number of methoxy groups -OCH3 is 1. The molecule has 1 aliphatic heterocycles. The maximum Gasteiger partial charge on any atom is 0.331 e. The summed E-state index contributed by atoms with van der Waals surface area (Å²) in [5.41, 5.74) is 1.38. The summed E-state index contributed by atoms with van der Waals surface area (Å²) in [4.78, 5) is 24.8. The zero-order valence-corrected chi connectivity index (χ0v) is 14.1. The molecular formula is C15H23ClN4O3. The molecule has 0 bridgehead atoms. The lowest BCUT2D eigenvalue weighted by atomic mass is 9.81. The van der Waals surface area contributed by atoms with Gasteiger partial charge in [0, 0.05) is 30.8 Å². The number of esters is 1. The van der Waals surface area contributed by atoms with Crippen molar-refractivity contribution in [1.82, 2.24) is 20.8 Å². The lowest BCUT2D eigenvalue weighted by Gasteiger charge is -2.35. The molecule has 0 atom stereocenters. The summed E-state index contributed by atoms with van der Waals surface area (Å²) in [6.45, 7) is 1.50. The van der Waals surface area contributed by atoms with Crippen LogP contribution in [-0.2, 0) is 22.5 Å². The Morgan fingerprint density at radius 3 is 2.70 bits per heavy atom. The molecule has 2 aliphatic rings. The van der Waals surface area contributed by atoms with Crippen molar-refractivity contribution in [2.75, 3.05) is 13.7 Å². The number of carbonyl (C=O) groups is 2. The van der Waals surface area contributed by atoms with Gasteiger partial charge >= 0.3 is 5.97 Å². The minimum absolute atomic E-state index is 0. The number of carbonyl (C=O) groups excluding carboxylic acids is 2. The highest BCUT2D eigenvalue weighted by molar-refractivity contribution is 5.98. The molecule has 23 heavy (non-hydrogen) atoms. The number of aromatic amines is 1. The summed E-state index contributed by atoms with van der Waals surface area (Å²) >= 11 is 0. The van der Waals surface area contributed by atoms with Gasteiger partial charge in [0.15, 0.2) is 5.69 Å². The fraction of sp³-hybridized carbons (Fsp3) is 0.667. The molecule has 0 spiro atoms. The van der Waals surface area contributed by atoms with Gasteiger partial charge < -0.3 is 15.4 Å². The monoisotopic (exact) mass is 342 g/mol. The van der Waals surface area contributed by atoms with Crippen LogP contribution in [-0.4, -0.2) is 41.3 Å². The summed E-state index contributed by atoms with van der Waals surface area (Å²) in [6.07, 6.45) is 4.98. The predicted octanol–water partition coefficient (Wildman–Crippen LogP) is 1.08. The number of halogens is 1. The van der Waals surface area contributed by atoms with E-state index in [1.807, 2.05) is 0 Å². The van der Waals surface area contributed by atoms with Gasteiger partial charge in [-0.25, -0.2) is 4.79 Å². The van der Waals surface area contributed by atoms with Gasteiger partial charge in [0.05, 0.1) is 7.11 Å². The Bertz CT molecular complexity index is 581. The SMILES string of the molecule is COC(=O)C1(NC(=O)c2n[nH]c3c2CNCC3)CCCCC1.Cl. The molecule has 3 N–H and O–H groups in total. The first-order valence-electron chi connectivity index (χ1n) is 7.84. The quantitative estimate of drug-likeness (QED) is 0.714. The van der Waals surface area contributed by atoms with Crippen LogP contribution in [0.2, 0.25) is 0 Å². The fourth-order valence-corrected chi connectivity index (χ4v) is 3.42. The first kappa shape index (κ1) is 17.7. The number of hydrogen-bond acceptors (Lipinski definition) is 5. The molecule has 1 saturated carbocycles. The van der Waals surface area contributed by atoms with E-state index in [4.69, 9.17) is 4.74 Å². The first-order valence-corrected chi connectivity index (χ1v) is 7.84. The van der Waals surface area contributed by atoms with E-state index in [2.05, 4.69) is 20.8 Å². The molecule has 0 saturated heterocycles. The molecule has 0 radical (unpaired) electrons. The van der Waals surface area contributed by atoms with Crippen molar-refractivity contribution in [1.29, 1.82) is 0 Å². The van der Waals surface area contributed by atoms with E-state index in [1.54, 1.807) is 0 Å². The average Bonchev–Trinajstić information content (AvgIpc) is 2.99. The second-order valence-corrected chi connectivity index (χ2v) is 6.04. The molecule has 1 aliphatic carbocycles. The standard InChI is InChI=1S/C15H22N4O3.ClH/c1-22-14(21)15(6-3-2-4-7-15)17-13(20)12-10-9-16-8-5-11(10)18-19-12;/h16H,2-9H2,1H3,(H,17,20)(H,18,19);1H. The number of fused-ring (bicyclic) bond motifs is 1. The molecule has 8 heteroatoms. The summed E-state index contributed by atoms with van der Waals surface area (Å²) < 4.78 is 4.93. The summed E-state index contributed by atoms with van der Waals surface area (Å²) in [7, 11) is 1.37. The number of ether oxygens (including phenoxy) is 1. The van der Waals surface area contributed by atoms with E-state index in [1.165, 1.54) is 7.11 Å². The smallest absolute Gasteiger partial charge is 0.331 e. The lowest BCUT2D eigenvalue weighted by Crippen LogP contribution is -2.56. The van der Waals surface area contributed by atoms with Crippen molar-refractivity contribution in [3.63, 3.8) is 0 Å². The molecule has 128 valence electrons. The number of H-pyrrole nitrogens is 1. The van der Waals surface area contributed by atoms with E-state index >= 15 is 0 Å². The largest absolute Gasteiger partial charge is 0.467 e. The second kappa shape index (κ2) is 7.31. The van der Waals surface area contributed by atoms with Crippen molar-refractivity contribution in [2.45, 2.75) is 50.6 Å². The second-order valence-electron chi connectivity index (χ2n) is 6.04. The molecule has 0 aromatic carbocycles. The van der Waals surface area contributed by atoms with Crippen molar-refractivity contribution in [3.05, 3.63) is 17.0 Å². The molecule has 0 unspecified atom stereocenters. The van der Waals surface area contributed by atoms with Crippen LogP contribution in [0.15, 0.2) is 0 Å². The molecule has 1 fully saturated rings. The maximum absolute atomic E-state index is 12.6. The third-order valence-corrected chi connectivity index (χ3v) is 4.66. The van der Waals surface area contributed by atoms with Crippen molar-refractivity contribution >= 4 is 24.3 Å². The van der Waals surface area contributed by atoms with Crippen LogP contribution in [0.25, 0.3) is 0 Å². The number of amides is 1. The number of aromatic nitrogens is 2. The third kappa shape index (κ3) is 3.35. The highest BCUT2D eigenvalue weighted by Crippen LogP contribution is 2.30. The van der Waals surface area contributed by atoms with E-state index in [9.17, 15) is 9.59 Å². The molecule has 1 aromatic rings. The van der Waals surface area contributed by atoms with Gasteiger partial charge in [-0.2, -0.15) is 5.10 Å². The van der Waals surface area contributed by atoms with Gasteiger partial charge in [0.1, 0.15) is 5.54 Å². The Labute approximate surface area is 141 Å². The number of nitrogens with zero attached hydrogens (tertiary/aromatic N) is 1. The van der Waals surface area contributed by atoms with E-state index in [-0.39, 0.29) is 24.3 Å². The normalized spacial score (nSPS) is 19.2. The number of hydrogen-bond donors (Lipinski definition) is 3. The van der Waals surface area contributed by atoms with Crippen molar-refractivity contribution < 1.29 is 14.3 Å². The van der Waals surface area contributed by atoms with Crippen LogP contribution in [0.5, 0.6) is 0 Å². The highest BCUT2D eigenvalue weighted by atomic mass is 35.5. The van der Waals surface area contributed by atoms with Crippen LogP contribution in [0, 0.1) is 0 Å². The summed E-state index contributed by atoms with van der Waals surface area (Å²) in [5.74, 6) is -0.656. The van der Waals surface area contributed by atoms with Gasteiger partial charge in [-0.15, -0.1) is 12.4 Å². The topological polar surface area (TPSA) is 96.1 Å². The minimum Gasteiger partial charge on any atom is -0.467 e. The van der Waals surface area contributed by atoms with Crippen LogP contribution in [0.1, 0.15) is 53.8 Å². The summed E-state index contributed by atoms with van der Waals surface area (Å²) in [6, 6.07) is 0. The van der Waals surface area contributed by atoms with E-state index in [0.717, 1.165) is 43.5 Å². The van der Waals surface area contributed by atoms with Crippen LogP contribution in [0.4, 0.5) is 0 Å². The number of nitrogens with one attached hydrogen (secondary N) is 3. The Kier molecular flexibility index (Phi) is 5.64. The zero-order chi connectivity index (χ0) is 15.6. The van der Waals surface area contributed by atoms with Crippen molar-refractivity contribution in [3.8, 4) is 0 Å². The van der Waals surface area contributed by atoms with E-state index in [0.29, 0.717) is 25.1 Å². The molecule has 3 rings (SSSR count). The molecule has 1 aromatic heterocycles. The minimum atomic E-state index is -0.905. The zero-order valence-electron chi connectivity index (χ0n) is 13.2. The highest BCUT2D eigenvalue weighted by Gasteiger charge is 2.42. The fourth-order valence-electron chi connectivity index (χ4n) is 3.42. The Morgan fingerprint density at radius 1 is 1.26 bits per heavy atom. The van der Waals surface area contributed by atoms with Crippen molar-refractivity contribution in [2.24, 2.45) is 0 Å². The van der Waals surface area contributed by atoms with Gasteiger partial charge in [0.2, 0.25) is 0 Å². The Morgan fingerprint density at radius 2 is 2.00 bits per heavy atom. The maximum atomic E-state index is 12.6. The van der Waals surface area contributed by atoms with Gasteiger partial charge in [-0.05, 0) is 12.8 Å². The molecule has 2 heterocycles. The molecular weight excluding hydrogens is 320 g/mol. The summed E-state index contributed by atoms with van der Waals surface area (Å²) in [5, 5.41) is 13.2. The van der Waals surface area contributed by atoms with Crippen LogP contribution >= 0.6 is 12.4 Å². The Hall–Kier alpha value is -1.60. The molecule has 7 nitrogen and oxygen atoms in total. The first-order chi connectivity index (χ1) is 10.7. The number of rotatable bonds is 3. The van der Waals surface area contributed by atoms with E-state index < -0.39 is 5.54 Å². The van der Waals surface area contributed by atoms with Crippen LogP contribution < -0.4 is 10.6 Å². The Balaban J connectivity index is 0.00000192. The van der Waals surface area contributed by atoms with Crippen LogP contribution in [0.3, 0.4) is 0 Å². The van der Waals surface area contributed by atoms with Gasteiger partial charge in [-0.1, -0.05) is 19.3 Å². The average molecular weight is 343 g/mol. The van der Waals surface area contributed by atoms with Gasteiger partial charge in [0.25, 0.3) is 5.91 Å². The van der Waals surface area contributed by atoms with Gasteiger partial charge in [-0.3, -0.25) is 9.89 Å². The third-order valence-electron chi connectivity index (χ3n) is 4.66. The predicted molar refractivity (Wildman–Crippen MR) is 86.5 cm³/mol. The molecule has 1 amide bonds. The lowest BCUT2D eigenvalue weighted by molar-refractivity contribution is -0.149.